The molecule has 0 spiro atoms. The third-order valence-electron chi connectivity index (χ3n) is 10.0. The molecule has 2 N–H and O–H groups in total. The molecule has 48 heavy (non-hydrogen) atoms. The molecule has 6 rings (SSSR count). The fourth-order valence-corrected chi connectivity index (χ4v) is 7.34. The Bertz CT molecular complexity index is 1510. The molecule has 2 aromatic rings. The molecular formula is C36H45FN4O7. The number of likely N-dealkylation sites (tertiary alicyclic amines) is 2. The zero-order chi connectivity index (χ0) is 33.6. The van der Waals surface area contributed by atoms with E-state index in [4.69, 9.17) is 14.2 Å². The monoisotopic (exact) mass is 664 g/mol. The van der Waals surface area contributed by atoms with Crippen molar-refractivity contribution in [3.8, 4) is 17.2 Å². The highest BCUT2D eigenvalue weighted by Crippen LogP contribution is 2.31. The lowest BCUT2D eigenvalue weighted by molar-refractivity contribution is -0.144. The second-order valence-corrected chi connectivity index (χ2v) is 13.3. The Balaban J connectivity index is 1.17. The van der Waals surface area contributed by atoms with Gasteiger partial charge in [-0.2, -0.15) is 0 Å². The van der Waals surface area contributed by atoms with Crippen molar-refractivity contribution in [3.05, 3.63) is 53.3 Å². The standard InChI is InChI=1S/C36H45FN4O7/c1-46-31-8-6-23-7-9-33(42)38-20-24-16-27(37)19-28(17-24)48-30-12-15-41(21-29(30)39-34(43)22-47-32(31)18-23)36(45)26-10-13-40(14-11-26)35(44)25-4-2-3-5-25/h6,8,16-19,25-26,29-30H,2-5,7,9-15,20-22H2,1H3,(H,38,42)(H,39,43)/t29-,30-/m1/s1. The Kier molecular flexibility index (Phi) is 10.7. The number of hydrogen-bond acceptors (Lipinski definition) is 7. The molecule has 3 fully saturated rings. The number of hydrogen-bond donors (Lipinski definition) is 2. The van der Waals surface area contributed by atoms with Crippen LogP contribution in [0.1, 0.15) is 62.5 Å². The van der Waals surface area contributed by atoms with Crippen LogP contribution in [0.3, 0.4) is 0 Å². The van der Waals surface area contributed by atoms with E-state index in [9.17, 15) is 23.6 Å². The smallest absolute Gasteiger partial charge is 0.258 e. The van der Waals surface area contributed by atoms with Gasteiger partial charge in [0.05, 0.1) is 13.2 Å². The fraction of sp³-hybridized carbons (Fsp3) is 0.556. The third kappa shape index (κ3) is 8.19. The largest absolute Gasteiger partial charge is 0.493 e. The molecule has 2 aromatic carbocycles. The van der Waals surface area contributed by atoms with Crippen LogP contribution in [0.2, 0.25) is 0 Å². The second-order valence-electron chi connectivity index (χ2n) is 13.3. The van der Waals surface area contributed by atoms with E-state index in [1.54, 1.807) is 23.1 Å². The van der Waals surface area contributed by atoms with E-state index in [2.05, 4.69) is 10.6 Å². The first-order chi connectivity index (χ1) is 23.2. The van der Waals surface area contributed by atoms with Gasteiger partial charge in [0, 0.05) is 63.5 Å². The molecule has 0 unspecified atom stereocenters. The summed E-state index contributed by atoms with van der Waals surface area (Å²) in [6.45, 7) is 1.60. The molecule has 12 heteroatoms. The van der Waals surface area contributed by atoms with Crippen molar-refractivity contribution in [1.82, 2.24) is 20.4 Å². The lowest BCUT2D eigenvalue weighted by atomic mass is 9.92. The van der Waals surface area contributed by atoms with Crippen LogP contribution in [-0.2, 0) is 32.1 Å². The Morgan fingerprint density at radius 2 is 1.58 bits per heavy atom. The summed E-state index contributed by atoms with van der Waals surface area (Å²) in [7, 11) is 1.51. The average Bonchev–Trinajstić information content (AvgIpc) is 3.64. The van der Waals surface area contributed by atoms with Gasteiger partial charge in [0.1, 0.15) is 17.7 Å². The Hall–Kier alpha value is -4.35. The second kappa shape index (κ2) is 15.3. The van der Waals surface area contributed by atoms with Gasteiger partial charge in [0.15, 0.2) is 18.1 Å². The van der Waals surface area contributed by atoms with Crippen LogP contribution in [0.25, 0.3) is 0 Å². The van der Waals surface area contributed by atoms with Gasteiger partial charge >= 0.3 is 0 Å². The summed E-state index contributed by atoms with van der Waals surface area (Å²) in [5, 5.41) is 5.86. The van der Waals surface area contributed by atoms with E-state index in [0.29, 0.717) is 62.4 Å². The van der Waals surface area contributed by atoms with E-state index in [-0.39, 0.29) is 61.4 Å². The van der Waals surface area contributed by atoms with E-state index < -0.39 is 23.9 Å². The molecule has 0 radical (unpaired) electrons. The summed E-state index contributed by atoms with van der Waals surface area (Å²) in [4.78, 5) is 56.3. The van der Waals surface area contributed by atoms with Gasteiger partial charge < -0.3 is 34.6 Å². The highest BCUT2D eigenvalue weighted by atomic mass is 19.1. The number of methoxy groups -OCH3 is 1. The molecule has 2 atom stereocenters. The van der Waals surface area contributed by atoms with Crippen molar-refractivity contribution >= 4 is 23.6 Å². The molecule has 3 heterocycles. The molecule has 11 nitrogen and oxygen atoms in total. The van der Waals surface area contributed by atoms with Crippen molar-refractivity contribution in [1.29, 1.82) is 0 Å². The van der Waals surface area contributed by atoms with Crippen LogP contribution >= 0.6 is 0 Å². The molecule has 3 aliphatic heterocycles. The van der Waals surface area contributed by atoms with Gasteiger partial charge in [0.25, 0.3) is 5.91 Å². The molecule has 1 aliphatic carbocycles. The van der Waals surface area contributed by atoms with Gasteiger partial charge in [-0.05, 0) is 67.5 Å². The quantitative estimate of drug-likeness (QED) is 0.516. The van der Waals surface area contributed by atoms with Crippen LogP contribution in [0.5, 0.6) is 17.2 Å². The predicted molar refractivity (Wildman–Crippen MR) is 174 cm³/mol. The first-order valence-corrected chi connectivity index (χ1v) is 17.1. The maximum absolute atomic E-state index is 14.7. The van der Waals surface area contributed by atoms with Gasteiger partial charge in [-0.3, -0.25) is 19.2 Å². The number of amides is 4. The average molecular weight is 665 g/mol. The molecule has 0 aromatic heterocycles. The number of benzene rings is 2. The molecule has 1 saturated carbocycles. The number of ether oxygens (including phenoxy) is 3. The van der Waals surface area contributed by atoms with Crippen molar-refractivity contribution in [2.75, 3.05) is 39.9 Å². The predicted octanol–water partition coefficient (Wildman–Crippen LogP) is 3.37. The number of nitrogens with zero attached hydrogens (tertiary/aromatic N) is 2. The molecular weight excluding hydrogens is 619 g/mol. The lowest BCUT2D eigenvalue weighted by Gasteiger charge is -2.41. The number of piperidine rings is 2. The zero-order valence-corrected chi connectivity index (χ0v) is 27.5. The van der Waals surface area contributed by atoms with Crippen LogP contribution in [0.4, 0.5) is 4.39 Å². The van der Waals surface area contributed by atoms with E-state index in [1.165, 1.54) is 19.2 Å². The van der Waals surface area contributed by atoms with E-state index in [0.717, 1.165) is 31.2 Å². The van der Waals surface area contributed by atoms with Crippen LogP contribution in [0.15, 0.2) is 36.4 Å². The SMILES string of the molecule is COc1ccc2cc1OCC(=O)N[C@@H]1CN(C(=O)C3CCN(C(=O)C4CCCC4)CC3)CC[C@H]1Oc1cc(F)cc(c1)CNC(=O)CC2. The molecule has 4 bridgehead atoms. The summed E-state index contributed by atoms with van der Waals surface area (Å²) in [5.41, 5.74) is 1.38. The number of rotatable bonds is 3. The minimum absolute atomic E-state index is 0.0108. The zero-order valence-electron chi connectivity index (χ0n) is 27.5. The number of carbonyl (C=O) groups excluding carboxylic acids is 4. The summed E-state index contributed by atoms with van der Waals surface area (Å²) in [6.07, 6.45) is 5.86. The highest BCUT2D eigenvalue weighted by molar-refractivity contribution is 5.82. The van der Waals surface area contributed by atoms with Gasteiger partial charge in [-0.1, -0.05) is 18.9 Å². The highest BCUT2D eigenvalue weighted by Gasteiger charge is 2.38. The normalized spacial score (nSPS) is 23.0. The van der Waals surface area contributed by atoms with Gasteiger partial charge in [-0.25, -0.2) is 4.39 Å². The summed E-state index contributed by atoms with van der Waals surface area (Å²) >= 11 is 0. The number of halogens is 1. The number of nitrogens with one attached hydrogen (secondary N) is 2. The minimum Gasteiger partial charge on any atom is -0.493 e. The first kappa shape index (κ1) is 33.5. The van der Waals surface area contributed by atoms with Crippen LogP contribution in [0, 0.1) is 17.7 Å². The molecule has 4 amide bonds. The Labute approximate surface area is 280 Å². The molecule has 2 saturated heterocycles. The topological polar surface area (TPSA) is 127 Å². The van der Waals surface area contributed by atoms with Gasteiger partial charge in [0.2, 0.25) is 17.7 Å². The maximum atomic E-state index is 14.7. The summed E-state index contributed by atoms with van der Waals surface area (Å²) in [5.74, 6) is 0.172. The number of aryl methyl sites for hydroxylation is 1. The van der Waals surface area contributed by atoms with Crippen molar-refractivity contribution in [3.63, 3.8) is 0 Å². The van der Waals surface area contributed by atoms with Crippen molar-refractivity contribution in [2.45, 2.75) is 76.5 Å². The summed E-state index contributed by atoms with van der Waals surface area (Å²) in [6, 6.07) is 9.04. The van der Waals surface area contributed by atoms with Crippen LogP contribution < -0.4 is 24.8 Å². The fourth-order valence-electron chi connectivity index (χ4n) is 7.34. The van der Waals surface area contributed by atoms with Crippen LogP contribution in [-0.4, -0.2) is 85.5 Å². The first-order valence-electron chi connectivity index (χ1n) is 17.1. The summed E-state index contributed by atoms with van der Waals surface area (Å²) < 4.78 is 32.3. The third-order valence-corrected chi connectivity index (χ3v) is 10.0. The van der Waals surface area contributed by atoms with E-state index >= 15 is 0 Å². The minimum atomic E-state index is -0.596. The number of fused-ring (bicyclic) bond motifs is 5. The lowest BCUT2D eigenvalue weighted by Crippen LogP contribution is -2.59. The van der Waals surface area contributed by atoms with Crippen molar-refractivity contribution < 1.29 is 37.8 Å². The maximum Gasteiger partial charge on any atom is 0.258 e. The Morgan fingerprint density at radius 1 is 0.854 bits per heavy atom. The van der Waals surface area contributed by atoms with Crippen molar-refractivity contribution in [2.24, 2.45) is 11.8 Å². The number of carbonyl (C=O) groups is 4. The Morgan fingerprint density at radius 3 is 2.35 bits per heavy atom. The molecule has 258 valence electrons. The molecule has 4 aliphatic rings. The van der Waals surface area contributed by atoms with Gasteiger partial charge in [-0.15, -0.1) is 0 Å². The van der Waals surface area contributed by atoms with E-state index in [1.807, 2.05) is 11.0 Å².